The number of pyridine rings is 2. The number of aryl methyl sites for hydroxylation is 2. The zero-order valence-corrected chi connectivity index (χ0v) is 15.3. The minimum Gasteiger partial charge on any atom is -0.505 e. The van der Waals surface area contributed by atoms with Crippen LogP contribution >= 0.6 is 7.82 Å². The van der Waals surface area contributed by atoms with E-state index in [9.17, 15) is 29.3 Å². The summed E-state index contributed by atoms with van der Waals surface area (Å²) in [5, 5.41) is 19.6. The Bertz CT molecular complexity index is 860. The molecule has 0 saturated heterocycles. The number of aldehydes is 2. The molecular formula is C16H17N2O8P. The minimum absolute atomic E-state index is 0.0919. The zero-order valence-electron chi connectivity index (χ0n) is 14.4. The number of carbonyl (C=O) groups is 2. The molecule has 0 unspecified atom stereocenters. The molecular weight excluding hydrogens is 379 g/mol. The molecule has 0 atom stereocenters. The summed E-state index contributed by atoms with van der Waals surface area (Å²) in [7, 11) is -4.59. The monoisotopic (exact) mass is 396 g/mol. The SMILES string of the molecule is Cc1ncc(COP(=O)(O)OCc2cnc(C)c(O)c2C=O)c(C=O)c1O. The maximum atomic E-state index is 12.0. The van der Waals surface area contributed by atoms with Gasteiger partial charge in [0.15, 0.2) is 12.6 Å². The van der Waals surface area contributed by atoms with E-state index in [1.54, 1.807) is 0 Å². The highest BCUT2D eigenvalue weighted by Crippen LogP contribution is 2.45. The van der Waals surface area contributed by atoms with Crippen LogP contribution in [0.4, 0.5) is 0 Å². The first-order valence-corrected chi connectivity index (χ1v) is 9.06. The van der Waals surface area contributed by atoms with Gasteiger partial charge in [-0.3, -0.25) is 28.6 Å². The van der Waals surface area contributed by atoms with Gasteiger partial charge in [-0.2, -0.15) is 0 Å². The Morgan fingerprint density at radius 2 is 1.30 bits per heavy atom. The van der Waals surface area contributed by atoms with Gasteiger partial charge < -0.3 is 15.1 Å². The molecule has 0 aliphatic rings. The Balaban J connectivity index is 2.10. The van der Waals surface area contributed by atoms with Crippen LogP contribution in [0.15, 0.2) is 12.4 Å². The topological polar surface area (TPSA) is 156 Å². The van der Waals surface area contributed by atoms with Crippen LogP contribution in [0, 0.1) is 13.8 Å². The van der Waals surface area contributed by atoms with Gasteiger partial charge in [0, 0.05) is 23.5 Å². The van der Waals surface area contributed by atoms with E-state index in [-0.39, 0.29) is 45.1 Å². The molecule has 0 fully saturated rings. The van der Waals surface area contributed by atoms with Crippen molar-refractivity contribution in [1.82, 2.24) is 9.97 Å². The molecule has 0 spiro atoms. The van der Waals surface area contributed by atoms with Gasteiger partial charge in [-0.25, -0.2) is 4.57 Å². The molecule has 0 aromatic carbocycles. The van der Waals surface area contributed by atoms with Crippen LogP contribution < -0.4 is 0 Å². The molecule has 0 aliphatic carbocycles. The quantitative estimate of drug-likeness (QED) is 0.445. The van der Waals surface area contributed by atoms with Gasteiger partial charge in [0.1, 0.15) is 11.5 Å². The largest absolute Gasteiger partial charge is 0.505 e. The number of phosphoric acid groups is 1. The number of nitrogens with zero attached hydrogens (tertiary/aromatic N) is 2. The van der Waals surface area contributed by atoms with E-state index < -0.39 is 21.0 Å². The van der Waals surface area contributed by atoms with Gasteiger partial charge in [-0.1, -0.05) is 0 Å². The smallest absolute Gasteiger partial charge is 0.472 e. The third-order valence-corrected chi connectivity index (χ3v) is 4.63. The molecule has 0 bridgehead atoms. The number of phosphoric ester groups is 1. The van der Waals surface area contributed by atoms with E-state index in [0.717, 1.165) is 0 Å². The van der Waals surface area contributed by atoms with Crippen molar-refractivity contribution in [3.05, 3.63) is 46.0 Å². The minimum atomic E-state index is -4.59. The number of hydrogen-bond acceptors (Lipinski definition) is 9. The van der Waals surface area contributed by atoms with Crippen molar-refractivity contribution in [2.75, 3.05) is 0 Å². The fraction of sp³-hybridized carbons (Fsp3) is 0.250. The van der Waals surface area contributed by atoms with E-state index in [4.69, 9.17) is 9.05 Å². The van der Waals surface area contributed by atoms with Crippen LogP contribution in [0.5, 0.6) is 11.5 Å². The molecule has 2 aromatic rings. The van der Waals surface area contributed by atoms with E-state index >= 15 is 0 Å². The van der Waals surface area contributed by atoms with E-state index in [0.29, 0.717) is 12.6 Å². The lowest BCUT2D eigenvalue weighted by molar-refractivity contribution is 0.111. The maximum Gasteiger partial charge on any atom is 0.472 e. The third kappa shape index (κ3) is 4.75. The molecule has 0 saturated carbocycles. The third-order valence-electron chi connectivity index (χ3n) is 3.72. The van der Waals surface area contributed by atoms with Gasteiger partial charge in [0.25, 0.3) is 0 Å². The van der Waals surface area contributed by atoms with Crippen LogP contribution in [-0.2, 0) is 26.8 Å². The van der Waals surface area contributed by atoms with E-state index in [2.05, 4.69) is 9.97 Å². The highest BCUT2D eigenvalue weighted by Gasteiger charge is 2.24. The summed E-state index contributed by atoms with van der Waals surface area (Å²) in [6, 6.07) is 0. The average Bonchev–Trinajstić information content (AvgIpc) is 2.63. The van der Waals surface area contributed by atoms with Gasteiger partial charge in [0.2, 0.25) is 0 Å². The van der Waals surface area contributed by atoms with Crippen molar-refractivity contribution in [3.63, 3.8) is 0 Å². The number of hydrogen-bond donors (Lipinski definition) is 3. The molecule has 10 nitrogen and oxygen atoms in total. The van der Waals surface area contributed by atoms with Crippen LogP contribution in [0.1, 0.15) is 43.2 Å². The number of carbonyl (C=O) groups excluding carboxylic acids is 2. The van der Waals surface area contributed by atoms with Crippen LogP contribution in [-0.4, -0.2) is 37.6 Å². The molecule has 0 aliphatic heterocycles. The first-order valence-electron chi connectivity index (χ1n) is 7.57. The molecule has 3 N–H and O–H groups in total. The summed E-state index contributed by atoms with van der Waals surface area (Å²) >= 11 is 0. The number of aromatic nitrogens is 2. The van der Waals surface area contributed by atoms with Crippen molar-refractivity contribution in [2.45, 2.75) is 27.1 Å². The van der Waals surface area contributed by atoms with Crippen molar-refractivity contribution in [1.29, 1.82) is 0 Å². The molecule has 0 radical (unpaired) electrons. The summed E-state index contributed by atoms with van der Waals surface area (Å²) < 4.78 is 21.7. The second-order valence-electron chi connectivity index (χ2n) is 5.51. The molecule has 11 heteroatoms. The fourth-order valence-corrected chi connectivity index (χ4v) is 2.82. The van der Waals surface area contributed by atoms with Crippen molar-refractivity contribution < 1.29 is 38.3 Å². The molecule has 0 amide bonds. The first kappa shape index (κ1) is 20.7. The average molecular weight is 396 g/mol. The van der Waals surface area contributed by atoms with E-state index in [1.165, 1.54) is 26.2 Å². The second-order valence-corrected chi connectivity index (χ2v) is 6.97. The summed E-state index contributed by atoms with van der Waals surface area (Å²) in [5.74, 6) is -0.701. The molecule has 2 rings (SSSR count). The van der Waals surface area contributed by atoms with Gasteiger partial charge in [-0.15, -0.1) is 0 Å². The number of rotatable bonds is 8. The standard InChI is InChI=1S/C16H17N2O8P/c1-9-15(21)13(5-19)11(3-17-9)7-25-27(23,24)26-8-12-4-18-10(2)16(22)14(12)6-20/h3-6,21-22H,7-8H2,1-2H3,(H,23,24). The van der Waals surface area contributed by atoms with Gasteiger partial charge >= 0.3 is 7.82 Å². The molecule has 144 valence electrons. The summed E-state index contributed by atoms with van der Waals surface area (Å²) in [4.78, 5) is 39.7. The lowest BCUT2D eigenvalue weighted by atomic mass is 10.1. The van der Waals surface area contributed by atoms with E-state index in [1.807, 2.05) is 0 Å². The Labute approximate surface area is 154 Å². The van der Waals surface area contributed by atoms with Crippen LogP contribution in [0.2, 0.25) is 0 Å². The van der Waals surface area contributed by atoms with Crippen molar-refractivity contribution in [3.8, 4) is 11.5 Å². The van der Waals surface area contributed by atoms with Crippen LogP contribution in [0.3, 0.4) is 0 Å². The Kier molecular flexibility index (Phi) is 6.40. The summed E-state index contributed by atoms with van der Waals surface area (Å²) in [6.45, 7) is 1.92. The summed E-state index contributed by atoms with van der Waals surface area (Å²) in [5.41, 5.74) is 0.398. The fourth-order valence-electron chi connectivity index (χ4n) is 2.14. The summed E-state index contributed by atoms with van der Waals surface area (Å²) in [6.07, 6.45) is 3.21. The molecule has 27 heavy (non-hydrogen) atoms. The Morgan fingerprint density at radius 3 is 1.63 bits per heavy atom. The normalized spacial score (nSPS) is 11.4. The number of aromatic hydroxyl groups is 2. The predicted molar refractivity (Wildman–Crippen MR) is 91.5 cm³/mol. The molecule has 2 heterocycles. The Morgan fingerprint density at radius 1 is 0.926 bits per heavy atom. The highest BCUT2D eigenvalue weighted by molar-refractivity contribution is 7.47. The second kappa shape index (κ2) is 8.36. The lowest BCUT2D eigenvalue weighted by Crippen LogP contribution is -2.03. The Hall–Kier alpha value is -2.65. The zero-order chi connectivity index (χ0) is 20.2. The van der Waals surface area contributed by atoms with Gasteiger partial charge in [-0.05, 0) is 13.8 Å². The molecule has 2 aromatic heterocycles. The van der Waals surface area contributed by atoms with Crippen LogP contribution in [0.25, 0.3) is 0 Å². The maximum absolute atomic E-state index is 12.0. The predicted octanol–water partition coefficient (Wildman–Crippen LogP) is 1.96. The van der Waals surface area contributed by atoms with Crippen molar-refractivity contribution >= 4 is 20.4 Å². The highest BCUT2D eigenvalue weighted by atomic mass is 31.2. The van der Waals surface area contributed by atoms with Gasteiger partial charge in [0.05, 0.1) is 35.7 Å². The first-order chi connectivity index (χ1) is 12.7. The lowest BCUT2D eigenvalue weighted by Gasteiger charge is -2.14. The van der Waals surface area contributed by atoms with Crippen molar-refractivity contribution in [2.24, 2.45) is 0 Å².